The van der Waals surface area contributed by atoms with Crippen LogP contribution in [0.4, 0.5) is 0 Å². The van der Waals surface area contributed by atoms with E-state index >= 15 is 0 Å². The molecule has 0 heterocycles. The summed E-state index contributed by atoms with van der Waals surface area (Å²) in [5, 5.41) is -0.140. The van der Waals surface area contributed by atoms with Gasteiger partial charge in [0.25, 0.3) is 0 Å². The van der Waals surface area contributed by atoms with Crippen LogP contribution in [0.3, 0.4) is 0 Å². The normalized spacial score (nSPS) is 16.1. The first-order valence-electron chi connectivity index (χ1n) is 10.3. The second-order valence-corrected chi connectivity index (χ2v) is 16.7. The van der Waals surface area contributed by atoms with Crippen LogP contribution in [-0.2, 0) is 39.2 Å². The third-order valence-electron chi connectivity index (χ3n) is 5.64. The average molecular weight is 473 g/mol. The van der Waals surface area contributed by atoms with Gasteiger partial charge in [-0.2, -0.15) is 0 Å². The summed E-state index contributed by atoms with van der Waals surface area (Å²) in [6.45, 7) is 11.9. The average Bonchev–Trinajstić information content (AvgIpc) is 2.69. The quantitative estimate of drug-likeness (QED) is 0.258. The molecule has 0 aliphatic rings. The highest BCUT2D eigenvalue weighted by atomic mass is 31.2. The largest absolute Gasteiger partial charge is 0.469 e. The summed E-state index contributed by atoms with van der Waals surface area (Å²) in [5.41, 5.74) is 0.882. The molecule has 0 aliphatic heterocycles. The van der Waals surface area contributed by atoms with Crippen molar-refractivity contribution < 1.29 is 32.6 Å². The van der Waals surface area contributed by atoms with Crippen LogP contribution in [-0.4, -0.2) is 53.4 Å². The van der Waals surface area contributed by atoms with Gasteiger partial charge in [0.1, 0.15) is 6.10 Å². The number of carbonyl (C=O) groups is 2. The van der Waals surface area contributed by atoms with Gasteiger partial charge in [-0.05, 0) is 30.1 Å². The Balaban J connectivity index is 3.00. The predicted molar refractivity (Wildman–Crippen MR) is 124 cm³/mol. The Kier molecular flexibility index (Phi) is 10.1. The zero-order valence-corrected chi connectivity index (χ0v) is 21.9. The van der Waals surface area contributed by atoms with E-state index in [1.165, 1.54) is 20.9 Å². The summed E-state index contributed by atoms with van der Waals surface area (Å²) >= 11 is 0. The van der Waals surface area contributed by atoms with Gasteiger partial charge in [-0.15, -0.1) is 0 Å². The van der Waals surface area contributed by atoms with Crippen LogP contribution in [0, 0.1) is 5.92 Å². The molecule has 0 fully saturated rings. The maximum atomic E-state index is 13.1. The molecule has 0 saturated heterocycles. The monoisotopic (exact) mass is 472 g/mol. The minimum atomic E-state index is -3.16. The predicted octanol–water partition coefficient (Wildman–Crippen LogP) is 4.85. The fraction of sp³-hybridized carbons (Fsp3) is 0.636. The van der Waals surface area contributed by atoms with E-state index in [1.54, 1.807) is 0 Å². The number of benzene rings is 1. The van der Waals surface area contributed by atoms with Crippen molar-refractivity contribution >= 4 is 27.6 Å². The number of carbonyl (C=O) groups excluding carboxylic acids is 2. The topological polar surface area (TPSA) is 88.1 Å². The van der Waals surface area contributed by atoms with E-state index in [0.717, 1.165) is 5.56 Å². The summed E-state index contributed by atoms with van der Waals surface area (Å²) in [4.78, 5) is 24.9. The lowest BCUT2D eigenvalue weighted by Crippen LogP contribution is -2.47. The summed E-state index contributed by atoms with van der Waals surface area (Å²) in [7, 11) is -2.94. The minimum Gasteiger partial charge on any atom is -0.469 e. The summed E-state index contributed by atoms with van der Waals surface area (Å²) in [6, 6.07) is 9.37. The van der Waals surface area contributed by atoms with E-state index in [0.29, 0.717) is 0 Å². The Labute approximate surface area is 187 Å². The number of hydrogen-bond acceptors (Lipinski definition) is 7. The third-order valence-corrected chi connectivity index (χ3v) is 11.9. The molecule has 0 bridgehead atoms. The van der Waals surface area contributed by atoms with Crippen LogP contribution >= 0.6 is 7.37 Å². The second-order valence-electron chi connectivity index (χ2n) is 9.30. The van der Waals surface area contributed by atoms with E-state index in [1.807, 2.05) is 43.4 Å². The van der Waals surface area contributed by atoms with Gasteiger partial charge in [-0.1, -0.05) is 51.1 Å². The molecule has 9 heteroatoms. The molecular formula is C22H37O7PSi. The fourth-order valence-electron chi connectivity index (χ4n) is 2.77. The van der Waals surface area contributed by atoms with Gasteiger partial charge in [0.05, 0.1) is 26.7 Å². The minimum absolute atomic E-state index is 0.0123. The summed E-state index contributed by atoms with van der Waals surface area (Å²) in [6.07, 6.45) is -0.997. The molecule has 7 nitrogen and oxygen atoms in total. The van der Waals surface area contributed by atoms with Gasteiger partial charge in [-0.3, -0.25) is 9.36 Å². The summed E-state index contributed by atoms with van der Waals surface area (Å²) in [5.74, 6) is -1.95. The number of methoxy groups -OCH3 is 2. The van der Waals surface area contributed by atoms with Crippen LogP contribution in [0.1, 0.15) is 32.8 Å². The van der Waals surface area contributed by atoms with Crippen LogP contribution < -0.4 is 0 Å². The maximum Gasteiger partial charge on any atom is 0.333 e. The molecule has 0 aliphatic carbocycles. The lowest BCUT2D eigenvalue weighted by molar-refractivity contribution is -0.152. The molecule has 0 amide bonds. The summed E-state index contributed by atoms with van der Waals surface area (Å²) < 4.78 is 34.9. The lowest BCUT2D eigenvalue weighted by atomic mass is 10.0. The van der Waals surface area contributed by atoms with Gasteiger partial charge in [0, 0.05) is 12.8 Å². The van der Waals surface area contributed by atoms with Crippen molar-refractivity contribution in [3.63, 3.8) is 0 Å². The number of ether oxygens (including phenoxy) is 2. The number of hydrogen-bond donors (Lipinski definition) is 0. The maximum absolute atomic E-state index is 13.1. The van der Waals surface area contributed by atoms with Gasteiger partial charge in [0.15, 0.2) is 8.32 Å². The Hall–Kier alpha value is -1.47. The molecular weight excluding hydrogens is 435 g/mol. The van der Waals surface area contributed by atoms with Gasteiger partial charge < -0.3 is 18.4 Å². The SMILES string of the molecule is COC(=O)[C@H](C[C@H](O[Si](C)(C)C(C)(C)C)C(=O)OC)CP(C)(=O)OCc1ccccc1. The molecule has 0 radical (unpaired) electrons. The standard InChI is InChI=1S/C22H37O7PSi/c1-22(2,3)31(7,8)29-19(21(24)27-5)14-18(20(23)26-4)16-30(6,25)28-15-17-12-10-9-11-13-17/h9-13,18-19H,14-16H2,1-8H3/t18-,19+,30?/m1/s1. The first-order chi connectivity index (χ1) is 14.2. The van der Waals surface area contributed by atoms with Crippen molar-refractivity contribution in [3.05, 3.63) is 35.9 Å². The molecule has 1 rings (SSSR count). The van der Waals surface area contributed by atoms with Crippen LogP contribution in [0.25, 0.3) is 0 Å². The van der Waals surface area contributed by atoms with E-state index in [9.17, 15) is 14.2 Å². The van der Waals surface area contributed by atoms with Gasteiger partial charge >= 0.3 is 11.9 Å². The number of rotatable bonds is 11. The first kappa shape index (κ1) is 27.6. The Morgan fingerprint density at radius 2 is 1.58 bits per heavy atom. The zero-order valence-electron chi connectivity index (χ0n) is 20.0. The molecule has 0 spiro atoms. The fourth-order valence-corrected chi connectivity index (χ4v) is 5.65. The highest BCUT2D eigenvalue weighted by Crippen LogP contribution is 2.46. The van der Waals surface area contributed by atoms with Crippen molar-refractivity contribution in [3.8, 4) is 0 Å². The van der Waals surface area contributed by atoms with Crippen molar-refractivity contribution in [1.29, 1.82) is 0 Å². The van der Waals surface area contributed by atoms with E-state index in [2.05, 4.69) is 20.8 Å². The molecule has 3 atom stereocenters. The van der Waals surface area contributed by atoms with Crippen molar-refractivity contribution in [2.45, 2.75) is 58.0 Å². The molecule has 1 unspecified atom stereocenters. The molecule has 1 aromatic rings. The van der Waals surface area contributed by atoms with Gasteiger partial charge in [-0.25, -0.2) is 4.79 Å². The van der Waals surface area contributed by atoms with Crippen LogP contribution in [0.15, 0.2) is 30.3 Å². The molecule has 176 valence electrons. The van der Waals surface area contributed by atoms with Crippen molar-refractivity contribution in [2.75, 3.05) is 27.0 Å². The number of esters is 2. The molecule has 1 aromatic carbocycles. The third kappa shape index (κ3) is 8.89. The Morgan fingerprint density at radius 3 is 2.06 bits per heavy atom. The smallest absolute Gasteiger partial charge is 0.333 e. The van der Waals surface area contributed by atoms with Crippen LogP contribution in [0.2, 0.25) is 18.1 Å². The van der Waals surface area contributed by atoms with Crippen molar-refractivity contribution in [1.82, 2.24) is 0 Å². The Morgan fingerprint density at radius 1 is 1.03 bits per heavy atom. The Bertz CT molecular complexity index is 774. The first-order valence-corrected chi connectivity index (χ1v) is 15.5. The van der Waals surface area contributed by atoms with E-state index in [4.69, 9.17) is 18.4 Å². The van der Waals surface area contributed by atoms with Gasteiger partial charge in [0.2, 0.25) is 7.37 Å². The molecule has 0 saturated carbocycles. The molecule has 0 aromatic heterocycles. The zero-order chi connectivity index (χ0) is 23.9. The molecule has 31 heavy (non-hydrogen) atoms. The second kappa shape index (κ2) is 11.4. The van der Waals surface area contributed by atoms with Crippen LogP contribution in [0.5, 0.6) is 0 Å². The van der Waals surface area contributed by atoms with E-state index in [-0.39, 0.29) is 24.2 Å². The van der Waals surface area contributed by atoms with E-state index < -0.39 is 39.6 Å². The highest BCUT2D eigenvalue weighted by Gasteiger charge is 2.43. The van der Waals surface area contributed by atoms with Crippen molar-refractivity contribution in [2.24, 2.45) is 5.92 Å². The highest BCUT2D eigenvalue weighted by molar-refractivity contribution is 7.58. The molecule has 0 N–H and O–H groups in total. The lowest BCUT2D eigenvalue weighted by Gasteiger charge is -2.39.